The van der Waals surface area contributed by atoms with Crippen molar-refractivity contribution in [2.24, 2.45) is 57.7 Å². The zero-order valence-electron chi connectivity index (χ0n) is 34.9. The largest absolute Gasteiger partial charge is 0.463 e. The maximum Gasteiger partial charge on any atom is 0.347 e. The van der Waals surface area contributed by atoms with Crippen LogP contribution in [-0.2, 0) is 57.2 Å². The molecule has 6 saturated carbocycles. The van der Waals surface area contributed by atoms with Gasteiger partial charge in [0.15, 0.2) is 6.61 Å². The van der Waals surface area contributed by atoms with Crippen LogP contribution in [0.5, 0.6) is 0 Å². The number of esters is 6. The van der Waals surface area contributed by atoms with Gasteiger partial charge in [-0.15, -0.1) is 0 Å². The van der Waals surface area contributed by atoms with E-state index in [-0.39, 0.29) is 65.5 Å². The Labute approximate surface area is 327 Å². The summed E-state index contributed by atoms with van der Waals surface area (Å²) in [6.07, 6.45) is 9.51. The Hall–Kier alpha value is -3.18. The summed E-state index contributed by atoms with van der Waals surface area (Å²) in [6.45, 7) is 19.2. The molecule has 0 aromatic rings. The number of carbonyl (C=O) groups excluding carboxylic acids is 6. The van der Waals surface area contributed by atoms with E-state index in [1.807, 2.05) is 27.7 Å². The Kier molecular flexibility index (Phi) is 12.8. The van der Waals surface area contributed by atoms with E-state index < -0.39 is 34.8 Å². The molecule has 0 aromatic heterocycles. The first-order chi connectivity index (χ1) is 25.6. The van der Waals surface area contributed by atoms with E-state index in [9.17, 15) is 28.8 Å². The molecular formula is C43H66O12. The third-order valence-corrected chi connectivity index (χ3v) is 14.5. The Morgan fingerprint density at radius 3 is 1.78 bits per heavy atom. The molecule has 0 radical (unpaired) electrons. The van der Waals surface area contributed by atoms with Crippen molar-refractivity contribution >= 4 is 35.8 Å². The fourth-order valence-electron chi connectivity index (χ4n) is 9.50. The number of hydrogen-bond acceptors (Lipinski definition) is 12. The normalized spacial score (nSPS) is 35.1. The van der Waals surface area contributed by atoms with Gasteiger partial charge in [-0.3, -0.25) is 19.2 Å². The van der Waals surface area contributed by atoms with Crippen molar-refractivity contribution in [3.05, 3.63) is 0 Å². The van der Waals surface area contributed by atoms with Crippen LogP contribution in [0.4, 0.5) is 0 Å². The van der Waals surface area contributed by atoms with Gasteiger partial charge in [-0.2, -0.15) is 0 Å². The molecule has 2 aliphatic heterocycles. The van der Waals surface area contributed by atoms with Crippen LogP contribution in [-0.4, -0.2) is 72.9 Å². The maximum absolute atomic E-state index is 12.5. The first kappa shape index (κ1) is 43.0. The summed E-state index contributed by atoms with van der Waals surface area (Å²) in [7, 11) is 0. The highest BCUT2D eigenvalue weighted by Gasteiger charge is 2.63. The second-order valence-corrected chi connectivity index (χ2v) is 19.4. The SMILES string of the molecule is CCC(C)(C)C(=O)OC1(C)C2CC3CC(C2)CC1C3.CCC(C)(C)C(=O)OC1CCOC1=O.CCC(C)(C)C(=O)OCC(=O)OC1C2CC3C(=O)OC1C3C2. The lowest BCUT2D eigenvalue weighted by Crippen LogP contribution is -2.58. The number of hydrogen-bond donors (Lipinski definition) is 0. The molecule has 6 aliphatic carbocycles. The van der Waals surface area contributed by atoms with Crippen LogP contribution in [0.25, 0.3) is 0 Å². The zero-order chi connectivity index (χ0) is 40.7. The lowest BCUT2D eigenvalue weighted by atomic mass is 9.50. The van der Waals surface area contributed by atoms with Crippen LogP contribution < -0.4 is 0 Å². The van der Waals surface area contributed by atoms with Gasteiger partial charge in [0.05, 0.1) is 28.8 Å². The summed E-state index contributed by atoms with van der Waals surface area (Å²) in [5.74, 6) is 1.60. The Morgan fingerprint density at radius 1 is 0.709 bits per heavy atom. The first-order valence-electron chi connectivity index (χ1n) is 20.8. The van der Waals surface area contributed by atoms with Crippen molar-refractivity contribution in [3.8, 4) is 0 Å². The zero-order valence-corrected chi connectivity index (χ0v) is 34.9. The Bertz CT molecular complexity index is 1450. The standard InChI is InChI=1S/C17H28O2.C16H22O6.C10H16O4/c1-5-16(2,3)15(18)19-17(4)13-7-11-6-12(9-13)10-14(17)8-11;1-4-16(2,3)15(19)20-7-11(17)21-12-8-5-9-10(6-8)14(18)22-13(9)12;1-4-10(2,3)9(12)14-7-5-6-13-8(7)11/h11-14H,5-10H2,1-4H3;8-10,12-13H,4-7H2,1-3H3;7H,4-6H2,1-3H3. The minimum absolute atomic E-state index is 0.00636. The van der Waals surface area contributed by atoms with E-state index in [0.29, 0.717) is 37.7 Å². The third kappa shape index (κ3) is 9.03. The highest BCUT2D eigenvalue weighted by molar-refractivity contribution is 5.83. The summed E-state index contributed by atoms with van der Waals surface area (Å²) < 4.78 is 31.7. The van der Waals surface area contributed by atoms with Crippen LogP contribution in [0, 0.1) is 57.7 Å². The van der Waals surface area contributed by atoms with Gasteiger partial charge in [-0.05, 0) is 136 Å². The van der Waals surface area contributed by atoms with E-state index in [2.05, 4.69) is 13.8 Å². The van der Waals surface area contributed by atoms with Crippen molar-refractivity contribution in [2.45, 2.75) is 164 Å². The molecule has 2 saturated heterocycles. The van der Waals surface area contributed by atoms with E-state index in [4.69, 9.17) is 28.4 Å². The van der Waals surface area contributed by atoms with Crippen molar-refractivity contribution in [2.75, 3.05) is 13.2 Å². The molecule has 6 bridgehead atoms. The minimum Gasteiger partial charge on any atom is -0.463 e. The van der Waals surface area contributed by atoms with Gasteiger partial charge in [0.2, 0.25) is 6.10 Å². The Balaban J connectivity index is 0.000000162. The molecular weight excluding hydrogens is 708 g/mol. The smallest absolute Gasteiger partial charge is 0.347 e. The highest BCUT2D eigenvalue weighted by atomic mass is 16.6. The molecule has 310 valence electrons. The molecule has 55 heavy (non-hydrogen) atoms. The van der Waals surface area contributed by atoms with Gasteiger partial charge in [-0.1, -0.05) is 20.8 Å². The van der Waals surface area contributed by atoms with E-state index >= 15 is 0 Å². The molecule has 0 amide bonds. The lowest BCUT2D eigenvalue weighted by molar-refractivity contribution is -0.211. The van der Waals surface area contributed by atoms with Crippen molar-refractivity contribution in [1.29, 1.82) is 0 Å². The Morgan fingerprint density at radius 2 is 1.25 bits per heavy atom. The van der Waals surface area contributed by atoms with Crippen molar-refractivity contribution < 1.29 is 57.2 Å². The summed E-state index contributed by atoms with van der Waals surface area (Å²) in [6, 6.07) is 0. The second kappa shape index (κ2) is 16.4. The third-order valence-electron chi connectivity index (χ3n) is 14.5. The topological polar surface area (TPSA) is 158 Å². The molecule has 12 nitrogen and oxygen atoms in total. The van der Waals surface area contributed by atoms with Crippen LogP contribution >= 0.6 is 0 Å². The molecule has 0 N–H and O–H groups in total. The van der Waals surface area contributed by atoms with Crippen LogP contribution in [0.1, 0.15) is 140 Å². The maximum atomic E-state index is 12.5. The highest BCUT2D eigenvalue weighted by Crippen LogP contribution is 2.60. The van der Waals surface area contributed by atoms with Crippen molar-refractivity contribution in [1.82, 2.24) is 0 Å². The van der Waals surface area contributed by atoms with E-state index in [1.165, 1.54) is 32.1 Å². The molecule has 8 fully saturated rings. The van der Waals surface area contributed by atoms with Crippen LogP contribution in [0.15, 0.2) is 0 Å². The summed E-state index contributed by atoms with van der Waals surface area (Å²) >= 11 is 0. The molecule has 6 atom stereocenters. The molecule has 12 heteroatoms. The summed E-state index contributed by atoms with van der Waals surface area (Å²) in [5, 5.41) is 0. The molecule has 8 rings (SSSR count). The first-order valence-corrected chi connectivity index (χ1v) is 20.8. The van der Waals surface area contributed by atoms with E-state index in [0.717, 1.165) is 31.1 Å². The number of carbonyl (C=O) groups is 6. The number of fused-ring (bicyclic) bond motifs is 1. The number of ether oxygens (including phenoxy) is 6. The van der Waals surface area contributed by atoms with Gasteiger partial charge >= 0.3 is 35.8 Å². The van der Waals surface area contributed by atoms with Gasteiger partial charge in [0, 0.05) is 18.3 Å². The summed E-state index contributed by atoms with van der Waals surface area (Å²) in [4.78, 5) is 70.5. The quantitative estimate of drug-likeness (QED) is 0.158. The van der Waals surface area contributed by atoms with Gasteiger partial charge < -0.3 is 28.4 Å². The minimum atomic E-state index is -0.687. The fraction of sp³-hybridized carbons (Fsp3) is 0.860. The van der Waals surface area contributed by atoms with E-state index in [1.54, 1.807) is 27.7 Å². The number of rotatable bonds is 11. The van der Waals surface area contributed by atoms with Crippen LogP contribution in [0.3, 0.4) is 0 Å². The van der Waals surface area contributed by atoms with Gasteiger partial charge in [-0.25, -0.2) is 9.59 Å². The fourth-order valence-corrected chi connectivity index (χ4v) is 9.50. The molecule has 6 unspecified atom stereocenters. The van der Waals surface area contributed by atoms with Crippen LogP contribution in [0.2, 0.25) is 0 Å². The molecule has 2 heterocycles. The average Bonchev–Trinajstić information content (AvgIpc) is 3.89. The molecule has 0 aromatic carbocycles. The molecule has 8 aliphatic rings. The number of cyclic esters (lactones) is 1. The lowest BCUT2D eigenvalue weighted by Gasteiger charge is -2.59. The monoisotopic (exact) mass is 774 g/mol. The summed E-state index contributed by atoms with van der Waals surface area (Å²) in [5.41, 5.74) is -1.64. The predicted octanol–water partition coefficient (Wildman–Crippen LogP) is 6.92. The van der Waals surface area contributed by atoms with Gasteiger partial charge in [0.1, 0.15) is 17.8 Å². The predicted molar refractivity (Wildman–Crippen MR) is 200 cm³/mol. The van der Waals surface area contributed by atoms with Crippen molar-refractivity contribution in [3.63, 3.8) is 0 Å². The molecule has 0 spiro atoms. The average molecular weight is 775 g/mol. The van der Waals surface area contributed by atoms with Gasteiger partial charge in [0.25, 0.3) is 0 Å². The second-order valence-electron chi connectivity index (χ2n) is 19.4.